The van der Waals surface area contributed by atoms with E-state index in [1.807, 2.05) is 40.9 Å². The zero-order valence-electron chi connectivity index (χ0n) is 15.0. The van der Waals surface area contributed by atoms with E-state index in [9.17, 15) is 0 Å². The first-order valence-electron chi connectivity index (χ1n) is 8.65. The first kappa shape index (κ1) is 16.1. The summed E-state index contributed by atoms with van der Waals surface area (Å²) in [6.07, 6.45) is 6.98. The molecule has 6 heteroatoms. The Labute approximate surface area is 160 Å². The Bertz CT molecular complexity index is 1360. The summed E-state index contributed by atoms with van der Waals surface area (Å²) in [5.74, 6) is 0.715. The minimum Gasteiger partial charge on any atom is -0.494 e. The number of nitriles is 1. The van der Waals surface area contributed by atoms with Crippen LogP contribution in [-0.2, 0) is 0 Å². The maximum Gasteiger partial charge on any atom is 0.152 e. The number of pyridine rings is 2. The molecule has 0 bridgehead atoms. The highest BCUT2D eigenvalue weighted by atomic mass is 16.5. The van der Waals surface area contributed by atoms with Gasteiger partial charge in [-0.15, -0.1) is 0 Å². The van der Waals surface area contributed by atoms with Gasteiger partial charge in [-0.25, -0.2) is 4.98 Å². The number of methoxy groups -OCH3 is 1. The molecule has 0 aliphatic heterocycles. The molecule has 134 valence electrons. The van der Waals surface area contributed by atoms with E-state index in [0.29, 0.717) is 16.9 Å². The molecule has 5 rings (SSSR count). The molecule has 4 aromatic heterocycles. The van der Waals surface area contributed by atoms with Gasteiger partial charge < -0.3 is 9.15 Å². The Hall–Kier alpha value is -4.11. The summed E-state index contributed by atoms with van der Waals surface area (Å²) in [6.45, 7) is 0. The second kappa shape index (κ2) is 6.25. The van der Waals surface area contributed by atoms with Crippen molar-refractivity contribution in [3.05, 3.63) is 73.0 Å². The molecule has 28 heavy (non-hydrogen) atoms. The summed E-state index contributed by atoms with van der Waals surface area (Å²) >= 11 is 0. The Morgan fingerprint density at radius 2 is 1.93 bits per heavy atom. The van der Waals surface area contributed by atoms with Crippen molar-refractivity contribution in [2.45, 2.75) is 0 Å². The third kappa shape index (κ3) is 2.42. The topological polar surface area (TPSA) is 76.3 Å². The normalized spacial score (nSPS) is 11.0. The second-order valence-electron chi connectivity index (χ2n) is 6.34. The lowest BCUT2D eigenvalue weighted by Gasteiger charge is -2.15. The van der Waals surface area contributed by atoms with Gasteiger partial charge in [-0.1, -0.05) is 12.1 Å². The maximum absolute atomic E-state index is 9.11. The molecule has 0 saturated heterocycles. The van der Waals surface area contributed by atoms with Crippen molar-refractivity contribution in [2.24, 2.45) is 0 Å². The highest BCUT2D eigenvalue weighted by Crippen LogP contribution is 2.38. The molecule has 0 aliphatic rings. The van der Waals surface area contributed by atoms with E-state index in [0.717, 1.165) is 33.4 Å². The Kier molecular flexibility index (Phi) is 3.59. The van der Waals surface area contributed by atoms with Crippen LogP contribution in [0.2, 0.25) is 0 Å². The molecule has 0 N–H and O–H groups in total. The van der Waals surface area contributed by atoms with Crippen LogP contribution in [0.3, 0.4) is 0 Å². The quantitative estimate of drug-likeness (QED) is 0.463. The zero-order chi connectivity index (χ0) is 19.1. The molecule has 0 atom stereocenters. The lowest BCUT2D eigenvalue weighted by Crippen LogP contribution is -1.98. The number of imidazole rings is 1. The summed E-state index contributed by atoms with van der Waals surface area (Å²) in [6, 6.07) is 15.4. The van der Waals surface area contributed by atoms with Crippen LogP contribution in [-0.4, -0.2) is 21.5 Å². The zero-order valence-corrected chi connectivity index (χ0v) is 15.0. The number of ether oxygens (including phenoxy) is 1. The van der Waals surface area contributed by atoms with Crippen molar-refractivity contribution < 1.29 is 9.15 Å². The maximum atomic E-state index is 9.11. The van der Waals surface area contributed by atoms with Crippen molar-refractivity contribution in [3.63, 3.8) is 0 Å². The van der Waals surface area contributed by atoms with E-state index in [-0.39, 0.29) is 0 Å². The molecular weight excluding hydrogens is 352 g/mol. The Morgan fingerprint density at radius 3 is 2.71 bits per heavy atom. The van der Waals surface area contributed by atoms with Crippen LogP contribution in [0.1, 0.15) is 5.56 Å². The minimum absolute atomic E-state index is 0.611. The fraction of sp³-hybridized carbons (Fsp3) is 0.0455. The van der Waals surface area contributed by atoms with E-state index < -0.39 is 0 Å². The summed E-state index contributed by atoms with van der Waals surface area (Å²) in [5.41, 5.74) is 6.71. The average Bonchev–Trinajstić information content (AvgIpc) is 3.41. The van der Waals surface area contributed by atoms with Crippen LogP contribution in [0.25, 0.3) is 39.0 Å². The second-order valence-corrected chi connectivity index (χ2v) is 6.34. The van der Waals surface area contributed by atoms with Crippen LogP contribution < -0.4 is 4.74 Å². The van der Waals surface area contributed by atoms with E-state index in [2.05, 4.69) is 16.0 Å². The number of furan rings is 1. The number of fused-ring (bicyclic) bond motifs is 2. The first-order chi connectivity index (χ1) is 13.8. The van der Waals surface area contributed by atoms with Gasteiger partial charge in [0.15, 0.2) is 5.58 Å². The molecule has 0 amide bonds. The van der Waals surface area contributed by atoms with Crippen LogP contribution in [0.5, 0.6) is 5.75 Å². The van der Waals surface area contributed by atoms with Crippen molar-refractivity contribution in [2.75, 3.05) is 7.11 Å². The highest BCUT2D eigenvalue weighted by molar-refractivity contribution is 5.88. The van der Waals surface area contributed by atoms with Gasteiger partial charge in [0.25, 0.3) is 0 Å². The SMILES string of the molecule is COc1cc(-c2ccc(C#N)cc2)c(-c2cnc3ccoc3c2)n2cncc12. The molecule has 0 aliphatic carbocycles. The molecule has 0 unspecified atom stereocenters. The fourth-order valence-electron chi connectivity index (χ4n) is 3.44. The Balaban J connectivity index is 1.84. The largest absolute Gasteiger partial charge is 0.494 e. The van der Waals surface area contributed by atoms with Gasteiger partial charge in [0, 0.05) is 23.4 Å². The van der Waals surface area contributed by atoms with Crippen LogP contribution in [0.15, 0.2) is 71.9 Å². The lowest BCUT2D eigenvalue weighted by molar-refractivity contribution is 0.418. The summed E-state index contributed by atoms with van der Waals surface area (Å²) in [5, 5.41) is 9.11. The summed E-state index contributed by atoms with van der Waals surface area (Å²) < 4.78 is 13.1. The van der Waals surface area contributed by atoms with Crippen LogP contribution >= 0.6 is 0 Å². The lowest BCUT2D eigenvalue weighted by atomic mass is 9.98. The number of benzene rings is 1. The van der Waals surface area contributed by atoms with Gasteiger partial charge in [0.2, 0.25) is 0 Å². The molecular formula is C22H14N4O2. The number of hydrogen-bond acceptors (Lipinski definition) is 5. The molecule has 1 aromatic carbocycles. The fourth-order valence-corrected chi connectivity index (χ4v) is 3.44. The predicted octanol–water partition coefficient (Wildman–Crippen LogP) is 4.69. The smallest absolute Gasteiger partial charge is 0.152 e. The summed E-state index contributed by atoms with van der Waals surface area (Å²) in [7, 11) is 1.64. The van der Waals surface area contributed by atoms with Crippen molar-refractivity contribution in [3.8, 4) is 34.2 Å². The molecule has 4 heterocycles. The third-order valence-electron chi connectivity index (χ3n) is 4.78. The standard InChI is InChI=1S/C22H14N4O2/c1-27-21-9-17(15-4-2-14(10-23)3-5-15)22(26-13-24-12-19(21)26)16-8-20-18(25-11-16)6-7-28-20/h2-9,11-13H,1H3. The van der Waals surface area contributed by atoms with E-state index in [1.54, 1.807) is 38.0 Å². The van der Waals surface area contributed by atoms with Gasteiger partial charge in [-0.2, -0.15) is 5.26 Å². The Morgan fingerprint density at radius 1 is 1.07 bits per heavy atom. The number of aromatic nitrogens is 3. The van der Waals surface area contributed by atoms with Gasteiger partial charge in [0.1, 0.15) is 16.8 Å². The van der Waals surface area contributed by atoms with Gasteiger partial charge in [0.05, 0.1) is 43.2 Å². The molecule has 6 nitrogen and oxygen atoms in total. The van der Waals surface area contributed by atoms with Gasteiger partial charge >= 0.3 is 0 Å². The van der Waals surface area contributed by atoms with Crippen molar-refractivity contribution in [1.29, 1.82) is 5.26 Å². The molecule has 0 saturated carbocycles. The molecule has 0 spiro atoms. The first-order valence-corrected chi connectivity index (χ1v) is 8.65. The third-order valence-corrected chi connectivity index (χ3v) is 4.78. The average molecular weight is 366 g/mol. The molecule has 5 aromatic rings. The van der Waals surface area contributed by atoms with Gasteiger partial charge in [-0.3, -0.25) is 9.38 Å². The monoisotopic (exact) mass is 366 g/mol. The predicted molar refractivity (Wildman–Crippen MR) is 105 cm³/mol. The van der Waals surface area contributed by atoms with Crippen molar-refractivity contribution >= 4 is 16.6 Å². The minimum atomic E-state index is 0.611. The van der Waals surface area contributed by atoms with Crippen LogP contribution in [0.4, 0.5) is 0 Å². The van der Waals surface area contributed by atoms with E-state index in [4.69, 9.17) is 14.4 Å². The number of nitrogens with zero attached hydrogens (tertiary/aromatic N) is 4. The number of rotatable bonds is 3. The van der Waals surface area contributed by atoms with E-state index in [1.165, 1.54) is 0 Å². The van der Waals surface area contributed by atoms with Crippen molar-refractivity contribution in [1.82, 2.24) is 14.4 Å². The molecule has 0 fully saturated rings. The highest BCUT2D eigenvalue weighted by Gasteiger charge is 2.17. The summed E-state index contributed by atoms with van der Waals surface area (Å²) in [4.78, 5) is 8.82. The van der Waals surface area contributed by atoms with Gasteiger partial charge in [-0.05, 0) is 29.8 Å². The molecule has 0 radical (unpaired) electrons. The van der Waals surface area contributed by atoms with Crippen LogP contribution in [0, 0.1) is 11.3 Å². The number of hydrogen-bond donors (Lipinski definition) is 0. The van der Waals surface area contributed by atoms with E-state index >= 15 is 0 Å².